The molecule has 0 heterocycles. The van der Waals surface area contributed by atoms with Crippen molar-refractivity contribution in [2.45, 2.75) is 194 Å². The predicted molar refractivity (Wildman–Crippen MR) is 197 cm³/mol. The molecule has 0 aliphatic rings. The van der Waals surface area contributed by atoms with Crippen LogP contribution in [0.2, 0.25) is 0 Å². The molecular weight excluding hydrogens is 520 g/mol. The van der Waals surface area contributed by atoms with E-state index in [4.69, 9.17) is 4.74 Å². The maximum absolute atomic E-state index is 5.89. The summed E-state index contributed by atoms with van der Waals surface area (Å²) in [6, 6.07) is 0. The summed E-state index contributed by atoms with van der Waals surface area (Å²) in [5, 5.41) is 0. The number of hydrogen-bond acceptors (Lipinski definition) is 1. The van der Waals surface area contributed by atoms with E-state index in [-0.39, 0.29) is 0 Å². The molecule has 0 aromatic carbocycles. The van der Waals surface area contributed by atoms with Gasteiger partial charge in [-0.1, -0.05) is 165 Å². The predicted octanol–water partition coefficient (Wildman–Crippen LogP) is 15.0. The van der Waals surface area contributed by atoms with Crippen LogP contribution in [0, 0.1) is 5.92 Å². The minimum atomic E-state index is 0.734. The molecule has 43 heavy (non-hydrogen) atoms. The number of rotatable bonds is 34. The van der Waals surface area contributed by atoms with Gasteiger partial charge < -0.3 is 4.74 Å². The van der Waals surface area contributed by atoms with Gasteiger partial charge in [0, 0.05) is 0 Å². The fourth-order valence-electron chi connectivity index (χ4n) is 5.51. The molecule has 0 saturated heterocycles. The van der Waals surface area contributed by atoms with Gasteiger partial charge in [0.05, 0.1) is 12.9 Å². The zero-order valence-electron chi connectivity index (χ0n) is 29.6. The lowest BCUT2D eigenvalue weighted by atomic mass is 9.94. The van der Waals surface area contributed by atoms with Gasteiger partial charge in [-0.2, -0.15) is 0 Å². The zero-order valence-corrected chi connectivity index (χ0v) is 29.6. The van der Waals surface area contributed by atoms with Gasteiger partial charge in [0.1, 0.15) is 0 Å². The third kappa shape index (κ3) is 36.6. The van der Waals surface area contributed by atoms with E-state index in [2.05, 4.69) is 75.5 Å². The Morgan fingerprint density at radius 1 is 0.395 bits per heavy atom. The fraction of sp³-hybridized carbons (Fsp3) is 0.762. The van der Waals surface area contributed by atoms with Crippen LogP contribution in [-0.4, -0.2) is 6.61 Å². The lowest BCUT2D eigenvalue weighted by Gasteiger charge is -2.16. The molecule has 0 rings (SSSR count). The number of ether oxygens (including phenoxy) is 1. The van der Waals surface area contributed by atoms with E-state index in [0.29, 0.717) is 0 Å². The van der Waals surface area contributed by atoms with Gasteiger partial charge in [-0.25, -0.2) is 0 Å². The molecule has 0 bridgehead atoms. The molecule has 0 aliphatic heterocycles. The van der Waals surface area contributed by atoms with Crippen molar-refractivity contribution in [3.8, 4) is 0 Å². The molecular formula is C42H76O. The molecule has 1 heteroatoms. The van der Waals surface area contributed by atoms with E-state index in [1.807, 2.05) is 6.26 Å². The van der Waals surface area contributed by atoms with Crippen LogP contribution in [0.25, 0.3) is 0 Å². The van der Waals surface area contributed by atoms with Gasteiger partial charge in [0.2, 0.25) is 0 Å². The van der Waals surface area contributed by atoms with Crippen LogP contribution < -0.4 is 0 Å². The monoisotopic (exact) mass is 597 g/mol. The van der Waals surface area contributed by atoms with Crippen molar-refractivity contribution >= 4 is 0 Å². The highest BCUT2D eigenvalue weighted by molar-refractivity contribution is 4.93. The quantitative estimate of drug-likeness (QED) is 0.0408. The molecule has 0 aromatic rings. The number of allylic oxidation sites excluding steroid dienone is 9. The first-order valence-electron chi connectivity index (χ1n) is 19.2. The summed E-state index contributed by atoms with van der Waals surface area (Å²) in [4.78, 5) is 0. The molecule has 0 atom stereocenters. The maximum atomic E-state index is 5.89. The second-order valence-corrected chi connectivity index (χ2v) is 12.7. The standard InChI is InChI=1S/C42H76O/c1-4-7-10-12-14-16-18-20-22-24-26-28-30-32-34-36-38-42(41-43-40-9-6-3)39-37-35-33-31-29-27-25-23-21-19-17-15-13-11-8-5-2/h9,14-17,20-23,40,42H,4-8,10-13,18-19,24-39,41H2,1-3H3/b16-14-,17-15-,22-20-,23-21-,40-9+. The van der Waals surface area contributed by atoms with E-state index in [0.717, 1.165) is 31.8 Å². The summed E-state index contributed by atoms with van der Waals surface area (Å²) in [5.74, 6) is 0.734. The summed E-state index contributed by atoms with van der Waals surface area (Å²) in [6.45, 7) is 7.63. The van der Waals surface area contributed by atoms with Crippen molar-refractivity contribution in [3.05, 3.63) is 60.9 Å². The minimum absolute atomic E-state index is 0.734. The number of unbranched alkanes of at least 4 members (excludes halogenated alkanes) is 18. The topological polar surface area (TPSA) is 9.23 Å². The molecule has 0 unspecified atom stereocenters. The van der Waals surface area contributed by atoms with Crippen molar-refractivity contribution in [3.63, 3.8) is 0 Å². The molecule has 250 valence electrons. The van der Waals surface area contributed by atoms with Crippen LogP contribution in [0.1, 0.15) is 194 Å². The van der Waals surface area contributed by atoms with Gasteiger partial charge in [-0.15, -0.1) is 0 Å². The van der Waals surface area contributed by atoms with E-state index in [1.165, 1.54) is 154 Å². The SMILES string of the molecule is CC/C=C/OCC(CCCCCCCC/C=C\C/C=C\CCCCC)CCCCCCCC/C=C\C/C=C\CCCCC. The van der Waals surface area contributed by atoms with Crippen molar-refractivity contribution in [2.75, 3.05) is 6.61 Å². The fourth-order valence-corrected chi connectivity index (χ4v) is 5.51. The van der Waals surface area contributed by atoms with Crippen LogP contribution in [0.5, 0.6) is 0 Å². The highest BCUT2D eigenvalue weighted by Crippen LogP contribution is 2.20. The Morgan fingerprint density at radius 3 is 1.16 bits per heavy atom. The van der Waals surface area contributed by atoms with Gasteiger partial charge in [-0.3, -0.25) is 0 Å². The normalized spacial score (nSPS) is 12.6. The number of hydrogen-bond donors (Lipinski definition) is 0. The summed E-state index contributed by atoms with van der Waals surface area (Å²) in [5.41, 5.74) is 0. The van der Waals surface area contributed by atoms with Crippen LogP contribution in [0.4, 0.5) is 0 Å². The van der Waals surface area contributed by atoms with Crippen LogP contribution in [0.15, 0.2) is 60.9 Å². The second kappa shape index (κ2) is 38.5. The van der Waals surface area contributed by atoms with Crippen LogP contribution in [0.3, 0.4) is 0 Å². The summed E-state index contributed by atoms with van der Waals surface area (Å²) >= 11 is 0. The summed E-state index contributed by atoms with van der Waals surface area (Å²) in [7, 11) is 0. The lowest BCUT2D eigenvalue weighted by molar-refractivity contribution is 0.176. The summed E-state index contributed by atoms with van der Waals surface area (Å²) < 4.78 is 5.89. The Labute approximate surface area is 271 Å². The van der Waals surface area contributed by atoms with E-state index in [1.54, 1.807) is 0 Å². The molecule has 0 aromatic heterocycles. The molecule has 0 spiro atoms. The maximum Gasteiger partial charge on any atom is 0.0901 e. The van der Waals surface area contributed by atoms with Crippen molar-refractivity contribution in [1.29, 1.82) is 0 Å². The molecule has 0 N–H and O–H groups in total. The Hall–Kier alpha value is -1.50. The summed E-state index contributed by atoms with van der Waals surface area (Å²) in [6.07, 6.45) is 58.6. The first-order chi connectivity index (χ1) is 21.3. The van der Waals surface area contributed by atoms with E-state index < -0.39 is 0 Å². The van der Waals surface area contributed by atoms with Gasteiger partial charge >= 0.3 is 0 Å². The highest BCUT2D eigenvalue weighted by atomic mass is 16.5. The Morgan fingerprint density at radius 2 is 0.767 bits per heavy atom. The smallest absolute Gasteiger partial charge is 0.0901 e. The van der Waals surface area contributed by atoms with Gasteiger partial charge in [0.15, 0.2) is 0 Å². The first kappa shape index (κ1) is 41.5. The Balaban J connectivity index is 3.78. The minimum Gasteiger partial charge on any atom is -0.501 e. The molecule has 0 aliphatic carbocycles. The second-order valence-electron chi connectivity index (χ2n) is 12.7. The molecule has 1 nitrogen and oxygen atoms in total. The zero-order chi connectivity index (χ0) is 31.2. The third-order valence-electron chi connectivity index (χ3n) is 8.39. The Bertz CT molecular complexity index is 604. The molecule has 0 radical (unpaired) electrons. The van der Waals surface area contributed by atoms with Gasteiger partial charge in [-0.05, 0) is 89.4 Å². The van der Waals surface area contributed by atoms with E-state index >= 15 is 0 Å². The largest absolute Gasteiger partial charge is 0.501 e. The van der Waals surface area contributed by atoms with Crippen LogP contribution >= 0.6 is 0 Å². The Kier molecular flexibility index (Phi) is 37.2. The van der Waals surface area contributed by atoms with Crippen molar-refractivity contribution < 1.29 is 4.74 Å². The molecule has 0 amide bonds. The third-order valence-corrected chi connectivity index (χ3v) is 8.39. The average Bonchev–Trinajstić information content (AvgIpc) is 3.02. The van der Waals surface area contributed by atoms with E-state index in [9.17, 15) is 0 Å². The van der Waals surface area contributed by atoms with Crippen molar-refractivity contribution in [1.82, 2.24) is 0 Å². The van der Waals surface area contributed by atoms with Crippen molar-refractivity contribution in [2.24, 2.45) is 5.92 Å². The first-order valence-corrected chi connectivity index (χ1v) is 19.2. The van der Waals surface area contributed by atoms with Gasteiger partial charge in [0.25, 0.3) is 0 Å². The lowest BCUT2D eigenvalue weighted by Crippen LogP contribution is -2.08. The molecule has 0 saturated carbocycles. The average molecular weight is 597 g/mol. The molecule has 0 fully saturated rings. The highest BCUT2D eigenvalue weighted by Gasteiger charge is 2.09. The van der Waals surface area contributed by atoms with Crippen LogP contribution in [-0.2, 0) is 4.74 Å².